The Morgan fingerprint density at radius 2 is 1.37 bits per heavy atom. The van der Waals surface area contributed by atoms with E-state index >= 15 is 0 Å². The summed E-state index contributed by atoms with van der Waals surface area (Å²) in [5, 5.41) is 1.85. The van der Waals surface area contributed by atoms with Crippen molar-refractivity contribution in [2.45, 2.75) is 11.4 Å². The molecule has 2 aromatic heterocycles. The molecule has 5 rings (SSSR count). The van der Waals surface area contributed by atoms with E-state index in [1.54, 1.807) is 38.5 Å². The molecule has 0 aliphatic heterocycles. The number of rotatable bonds is 14. The molecule has 0 spiro atoms. The van der Waals surface area contributed by atoms with Crippen LogP contribution in [0.2, 0.25) is 0 Å². The van der Waals surface area contributed by atoms with Crippen LogP contribution in [0.3, 0.4) is 0 Å². The Kier molecular flexibility index (Phi) is 10.1. The van der Waals surface area contributed by atoms with Gasteiger partial charge in [-0.1, -0.05) is 0 Å². The number of methoxy groups -OCH3 is 7. The van der Waals surface area contributed by atoms with Crippen LogP contribution < -0.4 is 43.3 Å². The lowest BCUT2D eigenvalue weighted by atomic mass is 10.1. The van der Waals surface area contributed by atoms with Crippen LogP contribution in [-0.2, 0) is 0 Å². The minimum atomic E-state index is -0.403. The molecule has 0 aliphatic rings. The van der Waals surface area contributed by atoms with Crippen molar-refractivity contribution in [2.24, 2.45) is 0 Å². The van der Waals surface area contributed by atoms with Crippen LogP contribution in [0.1, 0.15) is 6.42 Å². The molecule has 0 saturated heterocycles. The summed E-state index contributed by atoms with van der Waals surface area (Å²) in [5.41, 5.74) is 1.08. The van der Waals surface area contributed by atoms with Crippen LogP contribution in [0, 0.1) is 0 Å². The Morgan fingerprint density at radius 1 is 0.696 bits per heavy atom. The van der Waals surface area contributed by atoms with E-state index in [4.69, 9.17) is 42.3 Å². The fourth-order valence-corrected chi connectivity index (χ4v) is 5.83. The van der Waals surface area contributed by atoms with E-state index in [1.165, 1.54) is 53.6 Å². The SMILES string of the molecule is COc1cc(OC)c2c(=O)c(OCCCSc3ncnc4cc(OC)c(OC)cc34)c(-c3cc(OC)c(OC)c(OC)c3)oc2c1. The molecule has 0 radical (unpaired) electrons. The summed E-state index contributed by atoms with van der Waals surface area (Å²) in [6.07, 6.45) is 2.09. The zero-order chi connectivity index (χ0) is 32.8. The Hall–Kier alpha value is -5.04. The van der Waals surface area contributed by atoms with Crippen molar-refractivity contribution in [3.8, 4) is 57.3 Å². The second-order valence-corrected chi connectivity index (χ2v) is 10.7. The molecular weight excluding hydrogens is 616 g/mol. The van der Waals surface area contributed by atoms with Crippen molar-refractivity contribution in [1.82, 2.24) is 9.97 Å². The largest absolute Gasteiger partial charge is 0.496 e. The normalized spacial score (nSPS) is 10.9. The van der Waals surface area contributed by atoms with Crippen LogP contribution in [0.4, 0.5) is 0 Å². The summed E-state index contributed by atoms with van der Waals surface area (Å²) in [4.78, 5) is 22.9. The lowest BCUT2D eigenvalue weighted by Crippen LogP contribution is -2.12. The van der Waals surface area contributed by atoms with Crippen LogP contribution in [0.15, 0.2) is 57.0 Å². The second kappa shape index (κ2) is 14.4. The Labute approximate surface area is 269 Å². The summed E-state index contributed by atoms with van der Waals surface area (Å²) in [6, 6.07) is 10.3. The van der Waals surface area contributed by atoms with Gasteiger partial charge in [-0.15, -0.1) is 11.8 Å². The number of hydrogen-bond acceptors (Lipinski definition) is 13. The molecule has 46 heavy (non-hydrogen) atoms. The third kappa shape index (κ3) is 6.23. The van der Waals surface area contributed by atoms with Crippen molar-refractivity contribution in [2.75, 3.05) is 62.1 Å². The predicted molar refractivity (Wildman–Crippen MR) is 174 cm³/mol. The summed E-state index contributed by atoms with van der Waals surface area (Å²) in [5.74, 6) is 3.93. The van der Waals surface area contributed by atoms with Crippen molar-refractivity contribution >= 4 is 33.6 Å². The molecule has 0 aliphatic carbocycles. The lowest BCUT2D eigenvalue weighted by Gasteiger charge is -2.17. The highest BCUT2D eigenvalue weighted by atomic mass is 32.2. The molecule has 12 nitrogen and oxygen atoms in total. The molecule has 0 amide bonds. The summed E-state index contributed by atoms with van der Waals surface area (Å²) < 4.78 is 50.9. The number of ether oxygens (including phenoxy) is 8. The van der Waals surface area contributed by atoms with Crippen LogP contribution in [0.5, 0.6) is 46.0 Å². The van der Waals surface area contributed by atoms with Crippen LogP contribution in [-0.4, -0.2) is 72.1 Å². The highest BCUT2D eigenvalue weighted by Crippen LogP contribution is 2.44. The molecule has 2 heterocycles. The van der Waals surface area contributed by atoms with Gasteiger partial charge < -0.3 is 42.3 Å². The second-order valence-electron chi connectivity index (χ2n) is 9.66. The minimum Gasteiger partial charge on any atom is -0.496 e. The van der Waals surface area contributed by atoms with E-state index < -0.39 is 5.43 Å². The van der Waals surface area contributed by atoms with E-state index in [2.05, 4.69) is 9.97 Å². The van der Waals surface area contributed by atoms with Crippen LogP contribution >= 0.6 is 11.8 Å². The monoisotopic (exact) mass is 650 g/mol. The zero-order valence-corrected chi connectivity index (χ0v) is 27.4. The molecule has 0 bridgehead atoms. The molecule has 0 atom stereocenters. The Morgan fingerprint density at radius 3 is 2.00 bits per heavy atom. The Balaban J connectivity index is 1.48. The predicted octanol–water partition coefficient (Wildman–Crippen LogP) is 6.02. The van der Waals surface area contributed by atoms with Crippen molar-refractivity contribution in [3.63, 3.8) is 0 Å². The van der Waals surface area contributed by atoms with E-state index in [9.17, 15) is 4.79 Å². The van der Waals surface area contributed by atoms with Gasteiger partial charge in [0.2, 0.25) is 16.9 Å². The molecule has 0 saturated carbocycles. The number of fused-ring (bicyclic) bond motifs is 2. The summed E-state index contributed by atoms with van der Waals surface area (Å²) >= 11 is 1.54. The third-order valence-corrected chi connectivity index (χ3v) is 8.24. The molecule has 0 N–H and O–H groups in total. The summed E-state index contributed by atoms with van der Waals surface area (Å²) in [7, 11) is 10.7. The smallest absolute Gasteiger partial charge is 0.239 e. The van der Waals surface area contributed by atoms with Gasteiger partial charge in [0.25, 0.3) is 0 Å². The van der Waals surface area contributed by atoms with Crippen molar-refractivity contribution in [3.05, 3.63) is 52.9 Å². The quantitative estimate of drug-likeness (QED) is 0.0789. The first-order valence-corrected chi connectivity index (χ1v) is 15.0. The molecule has 5 aromatic rings. The van der Waals surface area contributed by atoms with Gasteiger partial charge in [0.1, 0.15) is 33.8 Å². The average molecular weight is 651 g/mol. The molecular formula is C33H34N2O10S. The number of benzene rings is 3. The van der Waals surface area contributed by atoms with Gasteiger partial charge in [-0.05, 0) is 24.6 Å². The maximum Gasteiger partial charge on any atom is 0.239 e. The van der Waals surface area contributed by atoms with Gasteiger partial charge in [0, 0.05) is 34.9 Å². The average Bonchev–Trinajstić information content (AvgIpc) is 3.10. The zero-order valence-electron chi connectivity index (χ0n) is 26.5. The molecule has 13 heteroatoms. The van der Waals surface area contributed by atoms with Gasteiger partial charge in [0.05, 0.1) is 61.9 Å². The van der Waals surface area contributed by atoms with Gasteiger partial charge in [0.15, 0.2) is 28.8 Å². The number of nitrogens with zero attached hydrogens (tertiary/aromatic N) is 2. The molecule has 3 aromatic carbocycles. The van der Waals surface area contributed by atoms with Crippen molar-refractivity contribution in [1.29, 1.82) is 0 Å². The fraction of sp³-hybridized carbons (Fsp3) is 0.303. The molecule has 0 unspecified atom stereocenters. The first-order valence-electron chi connectivity index (χ1n) is 14.1. The van der Waals surface area contributed by atoms with Gasteiger partial charge in [-0.2, -0.15) is 0 Å². The van der Waals surface area contributed by atoms with Crippen LogP contribution in [0.25, 0.3) is 33.2 Å². The highest BCUT2D eigenvalue weighted by Gasteiger charge is 2.24. The first kappa shape index (κ1) is 32.4. The maximum atomic E-state index is 14.0. The number of hydrogen-bond donors (Lipinski definition) is 0. The minimum absolute atomic E-state index is 0.0135. The Bertz CT molecular complexity index is 1900. The highest BCUT2D eigenvalue weighted by molar-refractivity contribution is 7.99. The summed E-state index contributed by atoms with van der Waals surface area (Å²) in [6.45, 7) is 0.208. The lowest BCUT2D eigenvalue weighted by molar-refractivity contribution is 0.309. The number of aromatic nitrogens is 2. The van der Waals surface area contributed by atoms with Crippen molar-refractivity contribution < 1.29 is 42.3 Å². The third-order valence-electron chi connectivity index (χ3n) is 7.15. The van der Waals surface area contributed by atoms with E-state index in [0.717, 1.165) is 15.9 Å². The van der Waals surface area contributed by atoms with E-state index in [-0.39, 0.29) is 29.1 Å². The number of thioether (sulfide) groups is 1. The van der Waals surface area contributed by atoms with E-state index in [1.807, 2.05) is 12.1 Å². The van der Waals surface area contributed by atoms with Gasteiger partial charge in [-0.3, -0.25) is 4.79 Å². The standard InChI is InChI=1S/C33H34N2O10S/c1-37-19-13-24(40-4)28-25(14-19)45-30(18-11-26(41-5)31(43-7)27(12-18)42-6)32(29(28)36)44-9-8-10-46-33-20-15-22(38-2)23(39-3)16-21(20)34-17-35-33/h11-17H,8-10H2,1-7H3. The fourth-order valence-electron chi connectivity index (χ4n) is 4.93. The van der Waals surface area contributed by atoms with Gasteiger partial charge >= 0.3 is 0 Å². The van der Waals surface area contributed by atoms with E-state index in [0.29, 0.717) is 58.0 Å². The van der Waals surface area contributed by atoms with Gasteiger partial charge in [-0.25, -0.2) is 9.97 Å². The molecule has 0 fully saturated rings. The topological polar surface area (TPSA) is 130 Å². The first-order chi connectivity index (χ1) is 22.4. The maximum absolute atomic E-state index is 14.0. The molecule has 242 valence electrons.